The first-order chi connectivity index (χ1) is 11.0. The second-order valence-electron chi connectivity index (χ2n) is 6.01. The molecule has 2 aromatic rings. The van der Waals surface area contributed by atoms with Gasteiger partial charge in [-0.1, -0.05) is 44.2 Å². The largest absolute Gasteiger partial charge is 0.506 e. The summed E-state index contributed by atoms with van der Waals surface area (Å²) < 4.78 is 0. The van der Waals surface area contributed by atoms with Gasteiger partial charge in [0.1, 0.15) is 11.4 Å². The highest BCUT2D eigenvalue weighted by atomic mass is 16.3. The van der Waals surface area contributed by atoms with Crippen molar-refractivity contribution in [1.82, 2.24) is 0 Å². The normalized spacial score (nSPS) is 10.7. The molecule has 0 saturated heterocycles. The fraction of sp³-hybridized carbons (Fsp3) is 0.316. The molecule has 4 heteroatoms. The molecule has 0 spiro atoms. The van der Waals surface area contributed by atoms with Crippen molar-refractivity contribution in [3.8, 4) is 11.5 Å². The van der Waals surface area contributed by atoms with Gasteiger partial charge in [-0.3, -0.25) is 4.79 Å². The molecule has 0 aliphatic rings. The smallest absolute Gasteiger partial charge is 0.196 e. The van der Waals surface area contributed by atoms with E-state index in [-0.39, 0.29) is 28.5 Å². The van der Waals surface area contributed by atoms with E-state index < -0.39 is 0 Å². The van der Waals surface area contributed by atoms with Gasteiger partial charge >= 0.3 is 0 Å². The predicted octanol–water partition coefficient (Wildman–Crippen LogP) is 4.18. The van der Waals surface area contributed by atoms with Crippen molar-refractivity contribution in [2.75, 3.05) is 11.9 Å². The highest BCUT2D eigenvalue weighted by Crippen LogP contribution is 2.37. The number of ketones is 1. The third-order valence-electron chi connectivity index (χ3n) is 3.70. The second-order valence-corrected chi connectivity index (χ2v) is 6.01. The van der Waals surface area contributed by atoms with Crippen LogP contribution >= 0.6 is 0 Å². The SMILES string of the molecule is CC(C)CCCNc1c(O)ccc(C(=O)c2ccccc2)c1O. The Bertz CT molecular complexity index is 666. The number of aromatic hydroxyl groups is 2. The van der Waals surface area contributed by atoms with Crippen LogP contribution in [0, 0.1) is 5.92 Å². The van der Waals surface area contributed by atoms with Crippen molar-refractivity contribution in [2.24, 2.45) is 5.92 Å². The highest BCUT2D eigenvalue weighted by molar-refractivity contribution is 6.11. The van der Waals surface area contributed by atoms with Crippen LogP contribution in [-0.4, -0.2) is 22.5 Å². The summed E-state index contributed by atoms with van der Waals surface area (Å²) in [6, 6.07) is 11.6. The Hall–Kier alpha value is -2.49. The monoisotopic (exact) mass is 313 g/mol. The molecule has 0 aliphatic heterocycles. The third-order valence-corrected chi connectivity index (χ3v) is 3.70. The van der Waals surface area contributed by atoms with Gasteiger partial charge in [0.05, 0.1) is 5.56 Å². The van der Waals surface area contributed by atoms with Crippen molar-refractivity contribution in [1.29, 1.82) is 0 Å². The number of nitrogens with one attached hydrogen (secondary N) is 1. The maximum atomic E-state index is 12.5. The summed E-state index contributed by atoms with van der Waals surface area (Å²) in [4.78, 5) is 12.5. The van der Waals surface area contributed by atoms with Gasteiger partial charge in [-0.25, -0.2) is 0 Å². The van der Waals surface area contributed by atoms with Crippen LogP contribution in [0.1, 0.15) is 42.6 Å². The van der Waals surface area contributed by atoms with E-state index in [2.05, 4.69) is 19.2 Å². The fourth-order valence-corrected chi connectivity index (χ4v) is 2.41. The number of anilines is 1. The van der Waals surface area contributed by atoms with Crippen LogP contribution in [0.3, 0.4) is 0 Å². The van der Waals surface area contributed by atoms with Gasteiger partial charge in [0.15, 0.2) is 11.5 Å². The topological polar surface area (TPSA) is 69.6 Å². The molecule has 4 nitrogen and oxygen atoms in total. The number of hydrogen-bond acceptors (Lipinski definition) is 4. The summed E-state index contributed by atoms with van der Waals surface area (Å²) >= 11 is 0. The van der Waals surface area contributed by atoms with Gasteiger partial charge in [0, 0.05) is 12.1 Å². The Morgan fingerprint density at radius 2 is 1.78 bits per heavy atom. The van der Waals surface area contributed by atoms with Gasteiger partial charge in [-0.15, -0.1) is 0 Å². The molecule has 0 bridgehead atoms. The molecule has 0 heterocycles. The zero-order chi connectivity index (χ0) is 16.8. The van der Waals surface area contributed by atoms with Gasteiger partial charge in [-0.2, -0.15) is 0 Å². The van der Waals surface area contributed by atoms with Crippen molar-refractivity contribution >= 4 is 11.5 Å². The van der Waals surface area contributed by atoms with E-state index in [0.717, 1.165) is 12.8 Å². The number of phenols is 2. The molecule has 0 unspecified atom stereocenters. The molecular weight excluding hydrogens is 290 g/mol. The lowest BCUT2D eigenvalue weighted by atomic mass is 10.0. The van der Waals surface area contributed by atoms with E-state index in [1.54, 1.807) is 24.3 Å². The molecule has 2 aromatic carbocycles. The van der Waals surface area contributed by atoms with E-state index in [1.807, 2.05) is 6.07 Å². The van der Waals surface area contributed by atoms with Crippen LogP contribution in [0.15, 0.2) is 42.5 Å². The van der Waals surface area contributed by atoms with E-state index in [1.165, 1.54) is 12.1 Å². The lowest BCUT2D eigenvalue weighted by molar-refractivity contribution is 0.103. The van der Waals surface area contributed by atoms with Crippen LogP contribution in [0.4, 0.5) is 5.69 Å². The van der Waals surface area contributed by atoms with Gasteiger partial charge in [0.25, 0.3) is 0 Å². The molecular formula is C19H23NO3. The molecule has 0 atom stereocenters. The molecule has 0 amide bonds. The average molecular weight is 313 g/mol. The quantitative estimate of drug-likeness (QED) is 0.407. The van der Waals surface area contributed by atoms with Crippen molar-refractivity contribution < 1.29 is 15.0 Å². The van der Waals surface area contributed by atoms with Crippen LogP contribution in [-0.2, 0) is 0 Å². The Balaban J connectivity index is 2.19. The van der Waals surface area contributed by atoms with Crippen LogP contribution in [0.5, 0.6) is 11.5 Å². The first-order valence-electron chi connectivity index (χ1n) is 7.89. The molecule has 2 rings (SSSR count). The van der Waals surface area contributed by atoms with E-state index in [9.17, 15) is 15.0 Å². The molecule has 0 aromatic heterocycles. The number of rotatable bonds is 7. The summed E-state index contributed by atoms with van der Waals surface area (Å²) in [7, 11) is 0. The zero-order valence-electron chi connectivity index (χ0n) is 13.5. The first kappa shape index (κ1) is 16.9. The lowest BCUT2D eigenvalue weighted by Gasteiger charge is -2.13. The predicted molar refractivity (Wildman–Crippen MR) is 92.2 cm³/mol. The average Bonchev–Trinajstić information content (AvgIpc) is 2.54. The number of phenolic OH excluding ortho intramolecular Hbond substituents is 2. The Morgan fingerprint density at radius 3 is 2.43 bits per heavy atom. The minimum absolute atomic E-state index is 0.0586. The van der Waals surface area contributed by atoms with Crippen molar-refractivity contribution in [3.63, 3.8) is 0 Å². The summed E-state index contributed by atoms with van der Waals surface area (Å²) in [5.74, 6) is 0.0679. The standard InChI is InChI=1S/C19H23NO3/c1-13(2)7-6-12-20-17-16(21)11-10-15(19(17)23)18(22)14-8-4-3-5-9-14/h3-5,8-11,13,20-21,23H,6-7,12H2,1-2H3. The van der Waals surface area contributed by atoms with Gasteiger partial charge in [0.2, 0.25) is 0 Å². The Morgan fingerprint density at radius 1 is 1.09 bits per heavy atom. The molecule has 0 saturated carbocycles. The molecule has 23 heavy (non-hydrogen) atoms. The third kappa shape index (κ3) is 4.25. The summed E-state index contributed by atoms with van der Waals surface area (Å²) in [5.41, 5.74) is 0.898. The fourth-order valence-electron chi connectivity index (χ4n) is 2.41. The molecule has 3 N–H and O–H groups in total. The molecule has 0 radical (unpaired) electrons. The minimum atomic E-state index is -0.270. The number of benzene rings is 2. The highest BCUT2D eigenvalue weighted by Gasteiger charge is 2.18. The summed E-state index contributed by atoms with van der Waals surface area (Å²) in [6.07, 6.45) is 1.98. The molecule has 0 fully saturated rings. The van der Waals surface area contributed by atoms with Crippen LogP contribution < -0.4 is 5.32 Å². The maximum absolute atomic E-state index is 12.5. The van der Waals surface area contributed by atoms with Crippen LogP contribution in [0.2, 0.25) is 0 Å². The summed E-state index contributed by atoms with van der Waals surface area (Å²) in [5, 5.41) is 23.3. The van der Waals surface area contributed by atoms with Gasteiger partial charge in [-0.05, 0) is 30.9 Å². The van der Waals surface area contributed by atoms with Gasteiger partial charge < -0.3 is 15.5 Å². The van der Waals surface area contributed by atoms with Crippen LogP contribution in [0.25, 0.3) is 0 Å². The van der Waals surface area contributed by atoms with E-state index in [0.29, 0.717) is 18.0 Å². The van der Waals surface area contributed by atoms with Crippen molar-refractivity contribution in [2.45, 2.75) is 26.7 Å². The molecule has 122 valence electrons. The molecule has 0 aliphatic carbocycles. The number of carbonyl (C=O) groups is 1. The Labute approximate surface area is 136 Å². The maximum Gasteiger partial charge on any atom is 0.196 e. The number of hydrogen-bond donors (Lipinski definition) is 3. The lowest BCUT2D eigenvalue weighted by Crippen LogP contribution is -2.07. The summed E-state index contributed by atoms with van der Waals surface area (Å²) in [6.45, 7) is 4.92. The minimum Gasteiger partial charge on any atom is -0.506 e. The number of carbonyl (C=O) groups excluding carboxylic acids is 1. The first-order valence-corrected chi connectivity index (χ1v) is 7.89. The zero-order valence-corrected chi connectivity index (χ0v) is 13.5. The Kier molecular flexibility index (Phi) is 5.63. The van der Waals surface area contributed by atoms with E-state index in [4.69, 9.17) is 0 Å². The second kappa shape index (κ2) is 7.68. The van der Waals surface area contributed by atoms with E-state index >= 15 is 0 Å². The van der Waals surface area contributed by atoms with Crippen molar-refractivity contribution in [3.05, 3.63) is 53.6 Å².